The molecule has 6 nitrogen and oxygen atoms in total. The maximum Gasteiger partial charge on any atom is 0.303 e. The second-order valence-electron chi connectivity index (χ2n) is 4.80. The van der Waals surface area contributed by atoms with Crippen LogP contribution in [0.25, 0.3) is 0 Å². The quantitative estimate of drug-likeness (QED) is 0.740. The van der Waals surface area contributed by atoms with E-state index in [4.69, 9.17) is 5.11 Å². The number of rotatable bonds is 6. The van der Waals surface area contributed by atoms with Crippen molar-refractivity contribution in [2.75, 3.05) is 19.6 Å². The number of likely N-dealkylation sites (tertiary alicyclic amines) is 1. The van der Waals surface area contributed by atoms with Crippen molar-refractivity contribution in [2.45, 2.75) is 39.0 Å². The molecule has 1 rings (SSSR count). The molecule has 108 valence electrons. The van der Waals surface area contributed by atoms with Crippen molar-refractivity contribution >= 4 is 17.8 Å². The van der Waals surface area contributed by atoms with E-state index in [0.717, 1.165) is 0 Å². The number of hydrogen-bond acceptors (Lipinski definition) is 3. The summed E-state index contributed by atoms with van der Waals surface area (Å²) in [5.74, 6) is -0.804. The number of piperidine rings is 1. The molecule has 1 fully saturated rings. The van der Waals surface area contributed by atoms with Gasteiger partial charge in [-0.15, -0.1) is 0 Å². The molecule has 1 aliphatic heterocycles. The molecule has 0 aliphatic carbocycles. The van der Waals surface area contributed by atoms with E-state index in [0.29, 0.717) is 38.9 Å². The van der Waals surface area contributed by atoms with E-state index in [1.807, 2.05) is 6.92 Å². The van der Waals surface area contributed by atoms with Gasteiger partial charge in [-0.3, -0.25) is 14.4 Å². The largest absolute Gasteiger partial charge is 0.481 e. The Hall–Kier alpha value is -1.59. The third kappa shape index (κ3) is 5.28. The van der Waals surface area contributed by atoms with Crippen LogP contribution in [0.5, 0.6) is 0 Å². The highest BCUT2D eigenvalue weighted by Crippen LogP contribution is 2.18. The van der Waals surface area contributed by atoms with Gasteiger partial charge in [-0.25, -0.2) is 0 Å². The van der Waals surface area contributed by atoms with Crippen molar-refractivity contribution < 1.29 is 19.5 Å². The molecule has 0 saturated carbocycles. The predicted molar refractivity (Wildman–Crippen MR) is 69.5 cm³/mol. The Morgan fingerprint density at radius 3 is 2.37 bits per heavy atom. The lowest BCUT2D eigenvalue weighted by molar-refractivity contribution is -0.138. The molecule has 0 aromatic heterocycles. The Morgan fingerprint density at radius 1 is 1.21 bits per heavy atom. The summed E-state index contributed by atoms with van der Waals surface area (Å²) in [5.41, 5.74) is 0. The summed E-state index contributed by atoms with van der Waals surface area (Å²) in [7, 11) is 0. The van der Waals surface area contributed by atoms with Crippen molar-refractivity contribution in [3.05, 3.63) is 0 Å². The lowest BCUT2D eigenvalue weighted by atomic mass is 9.95. The summed E-state index contributed by atoms with van der Waals surface area (Å²) in [5, 5.41) is 11.3. The number of nitrogens with one attached hydrogen (secondary N) is 1. The van der Waals surface area contributed by atoms with Gasteiger partial charge in [-0.1, -0.05) is 0 Å². The van der Waals surface area contributed by atoms with Crippen LogP contribution in [-0.4, -0.2) is 47.4 Å². The van der Waals surface area contributed by atoms with Gasteiger partial charge in [-0.2, -0.15) is 0 Å². The van der Waals surface area contributed by atoms with Crippen LogP contribution in [0.2, 0.25) is 0 Å². The highest BCUT2D eigenvalue weighted by molar-refractivity contribution is 5.80. The van der Waals surface area contributed by atoms with Gasteiger partial charge in [0.1, 0.15) is 0 Å². The SMILES string of the molecule is CCNC(=O)C1CCN(C(=O)CCCC(=O)O)CC1. The summed E-state index contributed by atoms with van der Waals surface area (Å²) in [6.45, 7) is 3.70. The molecule has 2 amide bonds. The molecule has 19 heavy (non-hydrogen) atoms. The van der Waals surface area contributed by atoms with Crippen molar-refractivity contribution in [1.29, 1.82) is 0 Å². The molecule has 0 spiro atoms. The summed E-state index contributed by atoms with van der Waals surface area (Å²) in [6.07, 6.45) is 2.07. The highest BCUT2D eigenvalue weighted by Gasteiger charge is 2.26. The van der Waals surface area contributed by atoms with Crippen LogP contribution in [-0.2, 0) is 14.4 Å². The van der Waals surface area contributed by atoms with Crippen molar-refractivity contribution in [3.8, 4) is 0 Å². The number of hydrogen-bond donors (Lipinski definition) is 2. The Balaban J connectivity index is 2.27. The zero-order valence-corrected chi connectivity index (χ0v) is 11.4. The first kappa shape index (κ1) is 15.5. The lowest BCUT2D eigenvalue weighted by Gasteiger charge is -2.31. The molecule has 2 N–H and O–H groups in total. The molecule has 0 radical (unpaired) electrons. The van der Waals surface area contributed by atoms with E-state index in [2.05, 4.69) is 5.32 Å². The molecular weight excluding hydrogens is 248 g/mol. The fourth-order valence-corrected chi connectivity index (χ4v) is 2.26. The smallest absolute Gasteiger partial charge is 0.303 e. The average Bonchev–Trinajstić information content (AvgIpc) is 2.38. The van der Waals surface area contributed by atoms with E-state index in [1.165, 1.54) is 0 Å². The van der Waals surface area contributed by atoms with Gasteiger partial charge in [0.2, 0.25) is 11.8 Å². The van der Waals surface area contributed by atoms with Gasteiger partial charge < -0.3 is 15.3 Å². The zero-order valence-electron chi connectivity index (χ0n) is 11.4. The first-order valence-electron chi connectivity index (χ1n) is 6.81. The number of carbonyl (C=O) groups excluding carboxylic acids is 2. The van der Waals surface area contributed by atoms with Gasteiger partial charge in [-0.05, 0) is 26.2 Å². The van der Waals surface area contributed by atoms with E-state index in [9.17, 15) is 14.4 Å². The number of carboxylic acid groups (broad SMARTS) is 1. The fourth-order valence-electron chi connectivity index (χ4n) is 2.26. The van der Waals surface area contributed by atoms with Gasteiger partial charge in [0.05, 0.1) is 0 Å². The Bertz CT molecular complexity index is 336. The molecule has 0 aromatic carbocycles. The molecule has 1 saturated heterocycles. The van der Waals surface area contributed by atoms with Crippen LogP contribution in [0.3, 0.4) is 0 Å². The van der Waals surface area contributed by atoms with Gasteiger partial charge in [0.15, 0.2) is 0 Å². The van der Waals surface area contributed by atoms with Gasteiger partial charge in [0.25, 0.3) is 0 Å². The van der Waals surface area contributed by atoms with Crippen LogP contribution in [0, 0.1) is 5.92 Å². The van der Waals surface area contributed by atoms with Crippen molar-refractivity contribution in [3.63, 3.8) is 0 Å². The van der Waals surface area contributed by atoms with Crippen LogP contribution < -0.4 is 5.32 Å². The van der Waals surface area contributed by atoms with Crippen molar-refractivity contribution in [1.82, 2.24) is 10.2 Å². The normalized spacial score (nSPS) is 16.2. The molecule has 1 heterocycles. The monoisotopic (exact) mass is 270 g/mol. The van der Waals surface area contributed by atoms with Crippen LogP contribution in [0.15, 0.2) is 0 Å². The molecule has 6 heteroatoms. The fraction of sp³-hybridized carbons (Fsp3) is 0.769. The second-order valence-corrected chi connectivity index (χ2v) is 4.80. The third-order valence-corrected chi connectivity index (χ3v) is 3.35. The first-order valence-corrected chi connectivity index (χ1v) is 6.81. The minimum absolute atomic E-state index is 0.00280. The Morgan fingerprint density at radius 2 is 1.84 bits per heavy atom. The summed E-state index contributed by atoms with van der Waals surface area (Å²) < 4.78 is 0. The molecule has 0 bridgehead atoms. The third-order valence-electron chi connectivity index (χ3n) is 3.35. The number of amides is 2. The predicted octanol–water partition coefficient (Wildman–Crippen LogP) is 0.616. The molecule has 0 aromatic rings. The van der Waals surface area contributed by atoms with Gasteiger partial charge >= 0.3 is 5.97 Å². The second kappa shape index (κ2) is 7.76. The van der Waals surface area contributed by atoms with E-state index < -0.39 is 5.97 Å². The Labute approximate surface area is 113 Å². The summed E-state index contributed by atoms with van der Waals surface area (Å²) in [4.78, 5) is 35.6. The van der Waals surface area contributed by atoms with E-state index >= 15 is 0 Å². The standard InChI is InChI=1S/C13H22N2O4/c1-2-14-13(19)10-6-8-15(9-7-10)11(16)4-3-5-12(17)18/h10H,2-9H2,1H3,(H,14,19)(H,17,18). The number of aliphatic carboxylic acids is 1. The maximum atomic E-state index is 11.8. The van der Waals surface area contributed by atoms with Gasteiger partial charge in [0, 0.05) is 38.4 Å². The molecule has 0 atom stereocenters. The van der Waals surface area contributed by atoms with E-state index in [1.54, 1.807) is 4.90 Å². The average molecular weight is 270 g/mol. The molecule has 1 aliphatic rings. The molecular formula is C13H22N2O4. The van der Waals surface area contributed by atoms with Crippen LogP contribution >= 0.6 is 0 Å². The van der Waals surface area contributed by atoms with Crippen molar-refractivity contribution in [2.24, 2.45) is 5.92 Å². The molecule has 0 unspecified atom stereocenters. The Kier molecular flexibility index (Phi) is 6.32. The minimum Gasteiger partial charge on any atom is -0.481 e. The number of nitrogens with zero attached hydrogens (tertiary/aromatic N) is 1. The highest BCUT2D eigenvalue weighted by atomic mass is 16.4. The first-order chi connectivity index (χ1) is 9.04. The summed E-state index contributed by atoms with van der Waals surface area (Å²) >= 11 is 0. The minimum atomic E-state index is -0.872. The topological polar surface area (TPSA) is 86.7 Å². The number of carbonyl (C=O) groups is 3. The zero-order chi connectivity index (χ0) is 14.3. The van der Waals surface area contributed by atoms with Crippen LogP contribution in [0.1, 0.15) is 39.0 Å². The van der Waals surface area contributed by atoms with Crippen LogP contribution in [0.4, 0.5) is 0 Å². The maximum absolute atomic E-state index is 11.8. The lowest BCUT2D eigenvalue weighted by Crippen LogP contribution is -2.43. The summed E-state index contributed by atoms with van der Waals surface area (Å²) in [6, 6.07) is 0. The van der Waals surface area contributed by atoms with E-state index in [-0.39, 0.29) is 30.6 Å². The number of carboxylic acids is 1.